The molecule has 0 spiro atoms. The lowest BCUT2D eigenvalue weighted by Gasteiger charge is -2.16. The van der Waals surface area contributed by atoms with Crippen molar-refractivity contribution in [3.8, 4) is 11.3 Å². The first-order chi connectivity index (χ1) is 16.8. The van der Waals surface area contributed by atoms with E-state index in [0.29, 0.717) is 6.54 Å². The van der Waals surface area contributed by atoms with Crippen LogP contribution in [0.5, 0.6) is 0 Å². The maximum Gasteiger partial charge on any atom is 0.223 e. The Bertz CT molecular complexity index is 1030. The van der Waals surface area contributed by atoms with Crippen molar-refractivity contribution in [3.05, 3.63) is 54.1 Å². The van der Waals surface area contributed by atoms with Gasteiger partial charge in [0.25, 0.3) is 0 Å². The predicted molar refractivity (Wildman–Crippen MR) is 142 cm³/mol. The molecule has 0 bridgehead atoms. The number of amides is 1. The van der Waals surface area contributed by atoms with E-state index in [4.69, 9.17) is 5.10 Å². The molecule has 1 heterocycles. The molecule has 0 aliphatic heterocycles. The second-order valence-corrected chi connectivity index (χ2v) is 9.89. The summed E-state index contributed by atoms with van der Waals surface area (Å²) in [5.41, 5.74) is 4.70. The summed E-state index contributed by atoms with van der Waals surface area (Å²) >= 11 is 0. The molecule has 0 radical (unpaired) electrons. The van der Waals surface area contributed by atoms with Crippen LogP contribution in [0.15, 0.2) is 48.5 Å². The Labute approximate surface area is 205 Å². The molecule has 1 aliphatic rings. The smallest absolute Gasteiger partial charge is 0.223 e. The summed E-state index contributed by atoms with van der Waals surface area (Å²) in [4.78, 5) is 12.9. The van der Waals surface area contributed by atoms with Crippen molar-refractivity contribution in [2.24, 2.45) is 5.92 Å². The van der Waals surface area contributed by atoms with Crippen molar-refractivity contribution >= 4 is 16.8 Å². The van der Waals surface area contributed by atoms with E-state index in [9.17, 15) is 4.79 Å². The van der Waals surface area contributed by atoms with Gasteiger partial charge in [0.2, 0.25) is 5.91 Å². The van der Waals surface area contributed by atoms with Crippen LogP contribution < -0.4 is 5.32 Å². The molecule has 0 atom stereocenters. The lowest BCUT2D eigenvalue weighted by Crippen LogP contribution is -2.32. The minimum absolute atomic E-state index is 0.195. The number of aromatic nitrogens is 2. The standard InChI is InChI=1S/C30H41N3O/c1-2-24-19-20-28-27(23-24)29(25-15-12-9-13-16-25)32-33(28)22-14-21-31-30(34)26-17-10-7-5-3-4-6-8-11-18-26/h9,12-13,15-16,19-20,23,26H,2-8,10-11,14,17-18,21-22H2,1H3,(H,31,34). The zero-order valence-electron chi connectivity index (χ0n) is 20.9. The number of aryl methyl sites for hydroxylation is 2. The molecule has 4 heteroatoms. The second-order valence-electron chi connectivity index (χ2n) is 9.89. The van der Waals surface area contributed by atoms with Gasteiger partial charge in [0, 0.05) is 30.0 Å². The Morgan fingerprint density at radius 1 is 0.941 bits per heavy atom. The molecule has 3 aromatic rings. The maximum absolute atomic E-state index is 12.9. The summed E-state index contributed by atoms with van der Waals surface area (Å²) in [6.07, 6.45) is 14.3. The van der Waals surface area contributed by atoms with Crippen molar-refractivity contribution in [2.45, 2.75) is 90.5 Å². The summed E-state index contributed by atoms with van der Waals surface area (Å²) in [5, 5.41) is 9.46. The van der Waals surface area contributed by atoms with E-state index in [1.807, 2.05) is 6.07 Å². The monoisotopic (exact) mass is 459 g/mol. The highest BCUT2D eigenvalue weighted by atomic mass is 16.1. The van der Waals surface area contributed by atoms with E-state index in [1.165, 1.54) is 67.8 Å². The molecule has 1 fully saturated rings. The van der Waals surface area contributed by atoms with Crippen LogP contribution in [0.25, 0.3) is 22.2 Å². The summed E-state index contributed by atoms with van der Waals surface area (Å²) in [6, 6.07) is 17.1. The minimum atomic E-state index is 0.195. The summed E-state index contributed by atoms with van der Waals surface area (Å²) in [5.74, 6) is 0.461. The topological polar surface area (TPSA) is 46.9 Å². The predicted octanol–water partition coefficient (Wildman–Crippen LogP) is 7.30. The highest BCUT2D eigenvalue weighted by molar-refractivity contribution is 5.93. The van der Waals surface area contributed by atoms with Gasteiger partial charge in [-0.2, -0.15) is 5.10 Å². The Balaban J connectivity index is 1.37. The lowest BCUT2D eigenvalue weighted by molar-refractivity contribution is -0.125. The number of fused-ring (bicyclic) bond motifs is 1. The van der Waals surface area contributed by atoms with Gasteiger partial charge in [0.15, 0.2) is 0 Å². The number of carbonyl (C=O) groups excluding carboxylic acids is 1. The Kier molecular flexibility index (Phi) is 9.18. The third-order valence-corrected chi connectivity index (χ3v) is 7.34. The minimum Gasteiger partial charge on any atom is -0.356 e. The highest BCUT2D eigenvalue weighted by Crippen LogP contribution is 2.29. The average molecular weight is 460 g/mol. The first kappa shape index (κ1) is 24.5. The second kappa shape index (κ2) is 12.7. The molecule has 1 saturated carbocycles. The van der Waals surface area contributed by atoms with Crippen molar-refractivity contribution in [2.75, 3.05) is 6.54 Å². The third kappa shape index (κ3) is 6.49. The van der Waals surface area contributed by atoms with Crippen molar-refractivity contribution in [3.63, 3.8) is 0 Å². The normalized spacial score (nSPS) is 16.3. The fourth-order valence-corrected chi connectivity index (χ4v) is 5.26. The van der Waals surface area contributed by atoms with Crippen LogP contribution in [0.1, 0.15) is 83.1 Å². The molecule has 0 saturated heterocycles. The van der Waals surface area contributed by atoms with Gasteiger partial charge < -0.3 is 5.32 Å². The Morgan fingerprint density at radius 2 is 1.62 bits per heavy atom. The van der Waals surface area contributed by atoms with Crippen LogP contribution in [0.4, 0.5) is 0 Å². The van der Waals surface area contributed by atoms with Crippen molar-refractivity contribution in [1.29, 1.82) is 0 Å². The number of benzene rings is 2. The number of nitrogens with zero attached hydrogens (tertiary/aromatic N) is 2. The quantitative estimate of drug-likeness (QED) is 0.377. The van der Waals surface area contributed by atoms with Gasteiger partial charge in [0.05, 0.1) is 5.52 Å². The highest BCUT2D eigenvalue weighted by Gasteiger charge is 2.18. The maximum atomic E-state index is 12.9. The van der Waals surface area contributed by atoms with Crippen LogP contribution >= 0.6 is 0 Å². The number of carbonyl (C=O) groups is 1. The van der Waals surface area contributed by atoms with Gasteiger partial charge in [-0.05, 0) is 43.4 Å². The van der Waals surface area contributed by atoms with Gasteiger partial charge in [-0.3, -0.25) is 9.48 Å². The zero-order valence-corrected chi connectivity index (χ0v) is 20.9. The van der Waals surface area contributed by atoms with E-state index < -0.39 is 0 Å². The number of rotatable bonds is 7. The molecular formula is C30H41N3O. The molecule has 1 amide bonds. The molecule has 1 aliphatic carbocycles. The Hall–Kier alpha value is -2.62. The van der Waals surface area contributed by atoms with Crippen LogP contribution in [-0.2, 0) is 17.8 Å². The SMILES string of the molecule is CCc1ccc2c(c1)c(-c1ccccc1)nn2CCCNC(=O)C1CCCCCCCCCC1. The van der Waals surface area contributed by atoms with Crippen molar-refractivity contribution < 1.29 is 4.79 Å². The number of hydrogen-bond donors (Lipinski definition) is 1. The summed E-state index contributed by atoms with van der Waals surface area (Å²) < 4.78 is 2.12. The Morgan fingerprint density at radius 3 is 2.29 bits per heavy atom. The summed E-state index contributed by atoms with van der Waals surface area (Å²) in [6.45, 7) is 3.71. The zero-order chi connectivity index (χ0) is 23.6. The van der Waals surface area contributed by atoms with E-state index >= 15 is 0 Å². The number of hydrogen-bond acceptors (Lipinski definition) is 2. The molecule has 4 rings (SSSR count). The summed E-state index contributed by atoms with van der Waals surface area (Å²) in [7, 11) is 0. The van der Waals surface area contributed by atoms with Crippen LogP contribution in [0, 0.1) is 5.92 Å². The van der Waals surface area contributed by atoms with Gasteiger partial charge in [0.1, 0.15) is 5.69 Å². The van der Waals surface area contributed by atoms with E-state index in [1.54, 1.807) is 0 Å². The van der Waals surface area contributed by atoms with E-state index in [0.717, 1.165) is 43.5 Å². The van der Waals surface area contributed by atoms with E-state index in [-0.39, 0.29) is 11.8 Å². The molecular weight excluding hydrogens is 418 g/mol. The molecule has 2 aromatic carbocycles. The molecule has 1 N–H and O–H groups in total. The molecule has 182 valence electrons. The fourth-order valence-electron chi connectivity index (χ4n) is 5.26. The first-order valence-corrected chi connectivity index (χ1v) is 13.6. The van der Waals surface area contributed by atoms with Crippen LogP contribution in [0.3, 0.4) is 0 Å². The van der Waals surface area contributed by atoms with Gasteiger partial charge in [-0.15, -0.1) is 0 Å². The average Bonchev–Trinajstić information content (AvgIpc) is 3.20. The van der Waals surface area contributed by atoms with Crippen LogP contribution in [-0.4, -0.2) is 22.2 Å². The van der Waals surface area contributed by atoms with Gasteiger partial charge in [-0.25, -0.2) is 0 Å². The fraction of sp³-hybridized carbons (Fsp3) is 0.533. The number of nitrogens with one attached hydrogen (secondary N) is 1. The van der Waals surface area contributed by atoms with Crippen LogP contribution in [0.2, 0.25) is 0 Å². The molecule has 4 nitrogen and oxygen atoms in total. The van der Waals surface area contributed by atoms with Crippen molar-refractivity contribution in [1.82, 2.24) is 15.1 Å². The van der Waals surface area contributed by atoms with E-state index in [2.05, 4.69) is 59.4 Å². The molecule has 34 heavy (non-hydrogen) atoms. The lowest BCUT2D eigenvalue weighted by atomic mass is 9.94. The van der Waals surface area contributed by atoms with Gasteiger partial charge >= 0.3 is 0 Å². The molecule has 1 aromatic heterocycles. The largest absolute Gasteiger partial charge is 0.356 e. The first-order valence-electron chi connectivity index (χ1n) is 13.6. The third-order valence-electron chi connectivity index (χ3n) is 7.34. The van der Waals surface area contributed by atoms with Gasteiger partial charge in [-0.1, -0.05) is 94.7 Å². The molecule has 0 unspecified atom stereocenters.